The van der Waals surface area contributed by atoms with Gasteiger partial charge >= 0.3 is 0 Å². The summed E-state index contributed by atoms with van der Waals surface area (Å²) < 4.78 is 0. The zero-order valence-corrected chi connectivity index (χ0v) is 33.7. The maximum Gasteiger partial charge on any atom is 0.228 e. The van der Waals surface area contributed by atoms with Gasteiger partial charge in [0.25, 0.3) is 0 Å². The Balaban J connectivity index is 1.43. The summed E-state index contributed by atoms with van der Waals surface area (Å²) in [5, 5.41) is 0. The van der Waals surface area contributed by atoms with E-state index < -0.39 is 0 Å². The first-order valence-electron chi connectivity index (χ1n) is 20.6. The molecule has 0 radical (unpaired) electrons. The maximum atomic E-state index is 13.3. The number of carbonyl (C=O) groups excluding carboxylic acids is 4. The van der Waals surface area contributed by atoms with Crippen molar-refractivity contribution in [1.82, 2.24) is 0 Å². The first kappa shape index (κ1) is 43.7. The van der Waals surface area contributed by atoms with Crippen molar-refractivity contribution < 1.29 is 19.2 Å². The zero-order chi connectivity index (χ0) is 41.3. The highest BCUT2D eigenvalue weighted by molar-refractivity contribution is 5.95. The number of amides is 4. The second-order valence-electron chi connectivity index (χ2n) is 14.8. The van der Waals surface area contributed by atoms with Gasteiger partial charge in [-0.2, -0.15) is 0 Å². The Labute approximate surface area is 343 Å². The van der Waals surface area contributed by atoms with Crippen LogP contribution >= 0.6 is 0 Å². The molecule has 0 aromatic heterocycles. The molecule has 12 heteroatoms. The van der Waals surface area contributed by atoms with E-state index in [0.717, 1.165) is 45.0 Å². The van der Waals surface area contributed by atoms with Crippen LogP contribution in [0.15, 0.2) is 97.1 Å². The van der Waals surface area contributed by atoms with Gasteiger partial charge in [0.15, 0.2) is 0 Å². The third-order valence-electron chi connectivity index (χ3n) is 10.5. The molecule has 0 saturated heterocycles. The van der Waals surface area contributed by atoms with Crippen molar-refractivity contribution >= 4 is 46.4 Å². The van der Waals surface area contributed by atoms with Gasteiger partial charge in [0, 0.05) is 101 Å². The van der Waals surface area contributed by atoms with E-state index in [4.69, 9.17) is 22.9 Å². The fourth-order valence-corrected chi connectivity index (χ4v) is 7.35. The van der Waals surface area contributed by atoms with Crippen LogP contribution in [0, 0.1) is 0 Å². The van der Waals surface area contributed by atoms with Gasteiger partial charge in [-0.15, -0.1) is 0 Å². The second kappa shape index (κ2) is 22.5. The van der Waals surface area contributed by atoms with E-state index in [1.165, 1.54) is 0 Å². The molecular weight excluding hydrogens is 729 g/mol. The summed E-state index contributed by atoms with van der Waals surface area (Å²) >= 11 is 0. The minimum absolute atomic E-state index is 0.0377. The van der Waals surface area contributed by atoms with E-state index in [0.29, 0.717) is 64.7 Å². The Kier molecular flexibility index (Phi) is 17.0. The van der Waals surface area contributed by atoms with E-state index in [2.05, 4.69) is 0 Å². The molecule has 0 unspecified atom stereocenters. The van der Waals surface area contributed by atoms with Crippen molar-refractivity contribution in [2.45, 2.75) is 64.2 Å². The van der Waals surface area contributed by atoms with E-state index in [9.17, 15) is 19.2 Å². The van der Waals surface area contributed by atoms with Gasteiger partial charge in [-0.1, -0.05) is 48.5 Å². The van der Waals surface area contributed by atoms with Gasteiger partial charge in [0.1, 0.15) is 0 Å². The highest BCUT2D eigenvalue weighted by atomic mass is 16.2. The summed E-state index contributed by atoms with van der Waals surface area (Å²) in [6.07, 6.45) is 5.05. The zero-order valence-electron chi connectivity index (χ0n) is 33.7. The van der Waals surface area contributed by atoms with Crippen LogP contribution in [0.5, 0.6) is 0 Å². The highest BCUT2D eigenvalue weighted by Crippen LogP contribution is 2.25. The molecule has 12 nitrogen and oxygen atoms in total. The van der Waals surface area contributed by atoms with Crippen molar-refractivity contribution in [1.29, 1.82) is 0 Å². The average Bonchev–Trinajstić information content (AvgIpc) is 3.22. The number of rotatable bonds is 8. The van der Waals surface area contributed by atoms with E-state index in [1.54, 1.807) is 19.6 Å². The van der Waals surface area contributed by atoms with Crippen LogP contribution in [0.3, 0.4) is 0 Å². The third-order valence-corrected chi connectivity index (χ3v) is 10.5. The fourth-order valence-electron chi connectivity index (χ4n) is 7.35. The third kappa shape index (κ3) is 12.3. The van der Waals surface area contributed by atoms with E-state index in [-0.39, 0.29) is 75.5 Å². The molecule has 8 bridgehead atoms. The first-order chi connectivity index (χ1) is 28.2. The van der Waals surface area contributed by atoms with E-state index >= 15 is 0 Å². The molecular formula is C46H60N8O4. The fraction of sp³-hybridized carbons (Fsp3) is 0.391. The number of hydrogen-bond donors (Lipinski definition) is 4. The molecule has 0 saturated carbocycles. The molecule has 7 heterocycles. The van der Waals surface area contributed by atoms with Crippen LogP contribution in [0.1, 0.15) is 73.6 Å². The molecule has 7 aliphatic heterocycles. The van der Waals surface area contributed by atoms with Gasteiger partial charge in [-0.05, 0) is 109 Å². The first-order valence-corrected chi connectivity index (χ1v) is 20.6. The molecule has 4 aromatic carbocycles. The van der Waals surface area contributed by atoms with Gasteiger partial charge in [-0.3, -0.25) is 19.2 Å². The van der Waals surface area contributed by atoms with Crippen molar-refractivity contribution in [2.24, 2.45) is 22.9 Å². The summed E-state index contributed by atoms with van der Waals surface area (Å²) in [4.78, 5) is 60.2. The Morgan fingerprint density at radius 2 is 0.534 bits per heavy atom. The number of nitrogens with two attached hydrogens (primary N) is 4. The standard InChI is InChI=1S/C46H60N8O4/c47-25-21-43(55)51-29-1-2-30-52(44(56)22-26-48)40-15-7-36(8-16-40)34-38-11-19-42(20-12-38)54(46(58)24-28-50)32-4-3-31-53(45(57)23-27-49)41-17-9-37(10-18-41)33-35-5-13-39(51)14-6-35/h5-20H,1-4,21-34,47-50H2. The number of carbonyl (C=O) groups is 4. The van der Waals surface area contributed by atoms with Crippen molar-refractivity contribution in [3.63, 3.8) is 0 Å². The summed E-state index contributed by atoms with van der Waals surface area (Å²) in [6, 6.07) is 32.1. The molecule has 0 spiro atoms. The van der Waals surface area contributed by atoms with Crippen LogP contribution in [0.4, 0.5) is 22.7 Å². The molecule has 0 atom stereocenters. The largest absolute Gasteiger partial charge is 0.330 e. The molecule has 7 aliphatic rings. The Hall–Kier alpha value is -5.40. The monoisotopic (exact) mass is 788 g/mol. The Morgan fingerprint density at radius 3 is 0.707 bits per heavy atom. The van der Waals surface area contributed by atoms with Crippen LogP contribution in [0.2, 0.25) is 0 Å². The Bertz CT molecular complexity index is 1640. The molecule has 4 amide bonds. The van der Waals surface area contributed by atoms with Gasteiger partial charge < -0.3 is 42.5 Å². The molecule has 308 valence electrons. The van der Waals surface area contributed by atoms with Crippen molar-refractivity contribution in [2.75, 3.05) is 72.0 Å². The molecule has 8 N–H and O–H groups in total. The normalized spacial score (nSPS) is 14.6. The lowest BCUT2D eigenvalue weighted by molar-refractivity contribution is -0.119. The van der Waals surface area contributed by atoms with Gasteiger partial charge in [0.05, 0.1) is 0 Å². The summed E-state index contributed by atoms with van der Waals surface area (Å²) in [6.45, 7) is 3.02. The molecule has 58 heavy (non-hydrogen) atoms. The lowest BCUT2D eigenvalue weighted by Gasteiger charge is -2.26. The number of nitrogens with zero attached hydrogens (tertiary/aromatic N) is 4. The van der Waals surface area contributed by atoms with Crippen LogP contribution in [-0.4, -0.2) is 76.0 Å². The molecule has 11 rings (SSSR count). The SMILES string of the molecule is NCCC(=O)N1CCCCN(C(=O)CCN)c2ccc(cc2)Cc2ccc(cc2)N(C(=O)CCN)CCCCN(C(=O)CCN)c2ccc(cc2)Cc2ccc1cc2. The van der Waals surface area contributed by atoms with Crippen LogP contribution < -0.4 is 42.5 Å². The average molecular weight is 789 g/mol. The summed E-state index contributed by atoms with van der Waals surface area (Å²) in [7, 11) is 0. The van der Waals surface area contributed by atoms with Crippen LogP contribution in [0.25, 0.3) is 0 Å². The van der Waals surface area contributed by atoms with E-state index in [1.807, 2.05) is 97.1 Å². The van der Waals surface area contributed by atoms with Crippen LogP contribution in [-0.2, 0) is 32.0 Å². The number of anilines is 4. The minimum Gasteiger partial charge on any atom is -0.330 e. The highest BCUT2D eigenvalue weighted by Gasteiger charge is 2.20. The molecule has 0 aliphatic carbocycles. The topological polar surface area (TPSA) is 185 Å². The second-order valence-corrected chi connectivity index (χ2v) is 14.8. The van der Waals surface area contributed by atoms with Gasteiger partial charge in [0.2, 0.25) is 23.6 Å². The molecule has 0 fully saturated rings. The summed E-state index contributed by atoms with van der Waals surface area (Å²) in [5.74, 6) is -0.151. The van der Waals surface area contributed by atoms with Crippen molar-refractivity contribution in [3.05, 3.63) is 119 Å². The smallest absolute Gasteiger partial charge is 0.228 e. The number of hydrogen-bond acceptors (Lipinski definition) is 8. The lowest BCUT2D eigenvalue weighted by atomic mass is 10.0. The predicted molar refractivity (Wildman–Crippen MR) is 234 cm³/mol. The molecule has 4 aromatic rings. The van der Waals surface area contributed by atoms with Gasteiger partial charge in [-0.25, -0.2) is 0 Å². The number of benzene rings is 4. The Morgan fingerprint density at radius 1 is 0.345 bits per heavy atom. The predicted octanol–water partition coefficient (Wildman–Crippen LogP) is 4.87. The quantitative estimate of drug-likeness (QED) is 0.195. The van der Waals surface area contributed by atoms with Crippen molar-refractivity contribution in [3.8, 4) is 0 Å². The maximum absolute atomic E-state index is 13.3. The minimum atomic E-state index is -0.0377. The lowest BCUT2D eigenvalue weighted by Crippen LogP contribution is -2.35. The summed E-state index contributed by atoms with van der Waals surface area (Å²) in [5.41, 5.74) is 30.8.